The molecule has 1 aromatic rings. The maximum atomic E-state index is 5.56. The fraction of sp³-hybridized carbons (Fsp3) is 0.538. The molecule has 0 bridgehead atoms. The van der Waals surface area contributed by atoms with Crippen LogP contribution in [-0.4, -0.2) is 26.9 Å². The summed E-state index contributed by atoms with van der Waals surface area (Å²) in [6, 6.07) is 3.93. The molecular weight excluding hydrogens is 218 g/mol. The van der Waals surface area contributed by atoms with E-state index in [2.05, 4.69) is 0 Å². The molecule has 0 radical (unpaired) electrons. The summed E-state index contributed by atoms with van der Waals surface area (Å²) in [6.07, 6.45) is 3.04. The molecule has 2 rings (SSSR count). The summed E-state index contributed by atoms with van der Waals surface area (Å²) in [5, 5.41) is 0. The van der Waals surface area contributed by atoms with Gasteiger partial charge in [-0.15, -0.1) is 0 Å². The Morgan fingerprint density at radius 2 is 1.88 bits per heavy atom. The molecule has 0 saturated carbocycles. The Morgan fingerprint density at radius 3 is 2.53 bits per heavy atom. The van der Waals surface area contributed by atoms with Gasteiger partial charge >= 0.3 is 0 Å². The summed E-state index contributed by atoms with van der Waals surface area (Å²) in [7, 11) is 1.68. The van der Waals surface area contributed by atoms with Gasteiger partial charge in [0.15, 0.2) is 11.5 Å². The van der Waals surface area contributed by atoms with Crippen molar-refractivity contribution in [2.24, 2.45) is 5.73 Å². The van der Waals surface area contributed by atoms with Crippen LogP contribution in [-0.2, 0) is 6.42 Å². The third kappa shape index (κ3) is 2.82. The van der Waals surface area contributed by atoms with Gasteiger partial charge < -0.3 is 19.9 Å². The number of methoxy groups -OCH3 is 1. The Bertz CT molecular complexity index is 379. The van der Waals surface area contributed by atoms with Crippen molar-refractivity contribution in [3.05, 3.63) is 17.7 Å². The van der Waals surface area contributed by atoms with Crippen molar-refractivity contribution in [2.45, 2.75) is 19.3 Å². The summed E-state index contributed by atoms with van der Waals surface area (Å²) in [5.74, 6) is 2.46. The molecular formula is C13H19NO3. The second-order valence-electron chi connectivity index (χ2n) is 4.05. The van der Waals surface area contributed by atoms with Crippen LogP contribution in [0.1, 0.15) is 18.4 Å². The summed E-state index contributed by atoms with van der Waals surface area (Å²) in [5.41, 5.74) is 6.66. The van der Waals surface area contributed by atoms with Crippen molar-refractivity contribution >= 4 is 0 Å². The minimum absolute atomic E-state index is 0.600. The van der Waals surface area contributed by atoms with Gasteiger partial charge in [0.2, 0.25) is 0 Å². The molecule has 0 saturated heterocycles. The van der Waals surface area contributed by atoms with Gasteiger partial charge in [-0.1, -0.05) is 0 Å². The number of hydrogen-bond donors (Lipinski definition) is 1. The predicted octanol–water partition coefficient (Wildman–Crippen LogP) is 1.75. The van der Waals surface area contributed by atoms with Gasteiger partial charge in [0.1, 0.15) is 19.0 Å². The van der Waals surface area contributed by atoms with Crippen LogP contribution in [0, 0.1) is 0 Å². The Balaban J connectivity index is 2.17. The molecule has 0 atom stereocenters. The molecule has 0 amide bonds. The van der Waals surface area contributed by atoms with E-state index in [-0.39, 0.29) is 0 Å². The van der Waals surface area contributed by atoms with E-state index in [0.29, 0.717) is 13.2 Å². The van der Waals surface area contributed by atoms with Crippen molar-refractivity contribution < 1.29 is 14.2 Å². The maximum absolute atomic E-state index is 5.56. The second kappa shape index (κ2) is 5.77. The molecule has 0 unspecified atom stereocenters. The zero-order chi connectivity index (χ0) is 12.1. The van der Waals surface area contributed by atoms with Crippen molar-refractivity contribution in [1.82, 2.24) is 0 Å². The van der Waals surface area contributed by atoms with Crippen molar-refractivity contribution in [2.75, 3.05) is 26.9 Å². The van der Waals surface area contributed by atoms with Crippen LogP contribution in [0.2, 0.25) is 0 Å². The SMILES string of the molecule is COc1cc2c(cc1CCCCN)OCCO2. The lowest BCUT2D eigenvalue weighted by atomic mass is 10.1. The smallest absolute Gasteiger partial charge is 0.165 e. The summed E-state index contributed by atoms with van der Waals surface area (Å²) >= 11 is 0. The van der Waals surface area contributed by atoms with Gasteiger partial charge in [-0.3, -0.25) is 0 Å². The topological polar surface area (TPSA) is 53.7 Å². The highest BCUT2D eigenvalue weighted by molar-refractivity contribution is 5.51. The number of hydrogen-bond acceptors (Lipinski definition) is 4. The summed E-state index contributed by atoms with van der Waals surface area (Å²) in [6.45, 7) is 1.94. The molecule has 17 heavy (non-hydrogen) atoms. The first-order valence-electron chi connectivity index (χ1n) is 6.01. The molecule has 1 aliphatic rings. The van der Waals surface area contributed by atoms with Crippen LogP contribution in [0.25, 0.3) is 0 Å². The monoisotopic (exact) mass is 237 g/mol. The largest absolute Gasteiger partial charge is 0.496 e. The van der Waals surface area contributed by atoms with Gasteiger partial charge in [-0.2, -0.15) is 0 Å². The van der Waals surface area contributed by atoms with Gasteiger partial charge in [0, 0.05) is 6.07 Å². The average Bonchev–Trinajstić information content (AvgIpc) is 2.38. The van der Waals surface area contributed by atoms with E-state index in [1.54, 1.807) is 7.11 Å². The molecule has 94 valence electrons. The lowest BCUT2D eigenvalue weighted by molar-refractivity contribution is 0.170. The van der Waals surface area contributed by atoms with Crippen LogP contribution >= 0.6 is 0 Å². The van der Waals surface area contributed by atoms with E-state index in [4.69, 9.17) is 19.9 Å². The number of nitrogens with two attached hydrogens (primary N) is 1. The molecule has 4 nitrogen and oxygen atoms in total. The number of rotatable bonds is 5. The predicted molar refractivity (Wildman–Crippen MR) is 66.0 cm³/mol. The molecule has 1 aliphatic heterocycles. The number of benzene rings is 1. The fourth-order valence-electron chi connectivity index (χ4n) is 1.96. The Hall–Kier alpha value is -1.42. The number of ether oxygens (including phenoxy) is 3. The van der Waals surface area contributed by atoms with Crippen molar-refractivity contribution in [3.8, 4) is 17.2 Å². The lowest BCUT2D eigenvalue weighted by Crippen LogP contribution is -2.15. The van der Waals surface area contributed by atoms with E-state index < -0.39 is 0 Å². The third-order valence-corrected chi connectivity index (χ3v) is 2.85. The lowest BCUT2D eigenvalue weighted by Gasteiger charge is -2.20. The van der Waals surface area contributed by atoms with E-state index in [0.717, 1.165) is 48.6 Å². The highest BCUT2D eigenvalue weighted by Crippen LogP contribution is 2.37. The van der Waals surface area contributed by atoms with Crippen molar-refractivity contribution in [3.63, 3.8) is 0 Å². The van der Waals surface area contributed by atoms with Crippen LogP contribution in [0.4, 0.5) is 0 Å². The quantitative estimate of drug-likeness (QED) is 0.793. The van der Waals surface area contributed by atoms with E-state index in [1.165, 1.54) is 0 Å². The summed E-state index contributed by atoms with van der Waals surface area (Å²) < 4.78 is 16.5. The Kier molecular flexibility index (Phi) is 4.09. The average molecular weight is 237 g/mol. The van der Waals surface area contributed by atoms with Gasteiger partial charge in [0.25, 0.3) is 0 Å². The maximum Gasteiger partial charge on any atom is 0.165 e. The number of aryl methyl sites for hydroxylation is 1. The third-order valence-electron chi connectivity index (χ3n) is 2.85. The van der Waals surface area contributed by atoms with Crippen LogP contribution in [0.15, 0.2) is 12.1 Å². The normalized spacial score (nSPS) is 13.5. The van der Waals surface area contributed by atoms with Gasteiger partial charge in [-0.25, -0.2) is 0 Å². The Morgan fingerprint density at radius 1 is 1.18 bits per heavy atom. The van der Waals surface area contributed by atoms with E-state index >= 15 is 0 Å². The first-order valence-corrected chi connectivity index (χ1v) is 6.01. The Labute approximate surface area is 102 Å². The van der Waals surface area contributed by atoms with Crippen LogP contribution in [0.5, 0.6) is 17.2 Å². The van der Waals surface area contributed by atoms with Crippen LogP contribution in [0.3, 0.4) is 0 Å². The summed E-state index contributed by atoms with van der Waals surface area (Å²) in [4.78, 5) is 0. The minimum Gasteiger partial charge on any atom is -0.496 e. The highest BCUT2D eigenvalue weighted by Gasteiger charge is 2.15. The highest BCUT2D eigenvalue weighted by atomic mass is 16.6. The zero-order valence-electron chi connectivity index (χ0n) is 10.2. The van der Waals surface area contributed by atoms with Crippen molar-refractivity contribution in [1.29, 1.82) is 0 Å². The molecule has 0 spiro atoms. The van der Waals surface area contributed by atoms with E-state index in [1.807, 2.05) is 12.1 Å². The molecule has 0 aromatic heterocycles. The van der Waals surface area contributed by atoms with Gasteiger partial charge in [-0.05, 0) is 37.4 Å². The minimum atomic E-state index is 0.600. The van der Waals surface area contributed by atoms with E-state index in [9.17, 15) is 0 Å². The molecule has 0 fully saturated rings. The first-order chi connectivity index (χ1) is 8.35. The molecule has 1 heterocycles. The van der Waals surface area contributed by atoms with Crippen LogP contribution < -0.4 is 19.9 Å². The zero-order valence-corrected chi connectivity index (χ0v) is 10.2. The first kappa shape index (κ1) is 12.0. The molecule has 4 heteroatoms. The van der Waals surface area contributed by atoms with Gasteiger partial charge in [0.05, 0.1) is 7.11 Å². The molecule has 1 aromatic carbocycles. The molecule has 2 N–H and O–H groups in total. The standard InChI is InChI=1S/C13H19NO3/c1-15-11-9-13-12(16-6-7-17-13)8-10(11)4-2-3-5-14/h8-9H,2-7,14H2,1H3. The number of unbranched alkanes of at least 4 members (excludes halogenated alkanes) is 1. The molecule has 0 aliphatic carbocycles. The number of fused-ring (bicyclic) bond motifs is 1. The second-order valence-corrected chi connectivity index (χ2v) is 4.05. The fourth-order valence-corrected chi connectivity index (χ4v) is 1.96.